The topological polar surface area (TPSA) is 61.7 Å². The van der Waals surface area contributed by atoms with Crippen molar-refractivity contribution in [3.63, 3.8) is 0 Å². The van der Waals surface area contributed by atoms with E-state index >= 15 is 0 Å². The molecule has 0 aliphatic carbocycles. The predicted octanol–water partition coefficient (Wildman–Crippen LogP) is 3.13. The predicted molar refractivity (Wildman–Crippen MR) is 74.7 cm³/mol. The highest BCUT2D eigenvalue weighted by Crippen LogP contribution is 2.27. The van der Waals surface area contributed by atoms with Gasteiger partial charge in [0.05, 0.1) is 24.3 Å². The molecular formula is C16H11N3O. The van der Waals surface area contributed by atoms with Crippen LogP contribution in [0.15, 0.2) is 36.4 Å². The van der Waals surface area contributed by atoms with Gasteiger partial charge < -0.3 is 9.72 Å². The molecule has 0 amide bonds. The fourth-order valence-corrected chi connectivity index (χ4v) is 2.58. The average Bonchev–Trinajstić information content (AvgIpc) is 3.11. The lowest BCUT2D eigenvalue weighted by Gasteiger charge is -2.00. The molecule has 3 aromatic rings. The van der Waals surface area contributed by atoms with Crippen molar-refractivity contribution in [3.8, 4) is 17.5 Å². The highest BCUT2D eigenvalue weighted by molar-refractivity contribution is 5.84. The van der Waals surface area contributed by atoms with Crippen molar-refractivity contribution in [2.24, 2.45) is 0 Å². The lowest BCUT2D eigenvalue weighted by Crippen LogP contribution is -1.86. The molecule has 1 aliphatic rings. The number of para-hydroxylation sites is 1. The van der Waals surface area contributed by atoms with Crippen molar-refractivity contribution in [1.82, 2.24) is 9.97 Å². The van der Waals surface area contributed by atoms with Crippen LogP contribution in [-0.2, 0) is 18.0 Å². The quantitative estimate of drug-likeness (QED) is 0.732. The molecule has 4 rings (SSSR count). The van der Waals surface area contributed by atoms with Crippen LogP contribution in [-0.4, -0.2) is 9.97 Å². The van der Waals surface area contributed by atoms with Crippen LogP contribution in [0.1, 0.15) is 16.7 Å². The summed E-state index contributed by atoms with van der Waals surface area (Å²) in [4.78, 5) is 7.84. The van der Waals surface area contributed by atoms with Gasteiger partial charge in [-0.25, -0.2) is 4.98 Å². The fraction of sp³-hybridized carbons (Fsp3) is 0.125. The van der Waals surface area contributed by atoms with Gasteiger partial charge in [0.1, 0.15) is 17.4 Å². The second-order valence-corrected chi connectivity index (χ2v) is 4.88. The Labute approximate surface area is 115 Å². The molecule has 0 bridgehead atoms. The second kappa shape index (κ2) is 4.19. The van der Waals surface area contributed by atoms with Crippen LogP contribution in [0.3, 0.4) is 0 Å². The molecule has 0 spiro atoms. The molecule has 2 heterocycles. The van der Waals surface area contributed by atoms with E-state index in [4.69, 9.17) is 10.00 Å². The number of hydrogen-bond donors (Lipinski definition) is 1. The summed E-state index contributed by atoms with van der Waals surface area (Å²) in [6.07, 6.45) is 0. The largest absolute Gasteiger partial charge is 0.372 e. The molecule has 4 nitrogen and oxygen atoms in total. The lowest BCUT2D eigenvalue weighted by atomic mass is 10.1. The minimum Gasteiger partial charge on any atom is -0.372 e. The maximum Gasteiger partial charge on any atom is 0.138 e. The molecule has 0 atom stereocenters. The number of H-pyrrole nitrogens is 1. The Morgan fingerprint density at radius 2 is 2.05 bits per heavy atom. The van der Waals surface area contributed by atoms with Gasteiger partial charge in [-0.15, -0.1) is 0 Å². The maximum atomic E-state index is 9.12. The fourth-order valence-electron chi connectivity index (χ4n) is 2.58. The molecule has 0 unspecified atom stereocenters. The summed E-state index contributed by atoms with van der Waals surface area (Å²) in [7, 11) is 0. The van der Waals surface area contributed by atoms with Crippen LogP contribution in [0.25, 0.3) is 22.4 Å². The third-order valence-electron chi connectivity index (χ3n) is 3.63. The van der Waals surface area contributed by atoms with E-state index in [2.05, 4.69) is 28.2 Å². The van der Waals surface area contributed by atoms with E-state index in [1.54, 1.807) is 6.07 Å². The summed E-state index contributed by atoms with van der Waals surface area (Å²) in [5.41, 5.74) is 5.67. The minimum atomic E-state index is 0.592. The summed E-state index contributed by atoms with van der Waals surface area (Å²) in [6, 6.07) is 14.0. The van der Waals surface area contributed by atoms with Crippen molar-refractivity contribution in [2.75, 3.05) is 0 Å². The molecular weight excluding hydrogens is 250 g/mol. The summed E-state index contributed by atoms with van der Waals surface area (Å²) >= 11 is 0. The first kappa shape index (κ1) is 11.2. The third kappa shape index (κ3) is 1.61. The Morgan fingerprint density at radius 1 is 1.15 bits per heavy atom. The van der Waals surface area contributed by atoms with Crippen LogP contribution in [0.2, 0.25) is 0 Å². The van der Waals surface area contributed by atoms with E-state index in [9.17, 15) is 0 Å². The summed E-state index contributed by atoms with van der Waals surface area (Å²) < 4.78 is 5.43. The standard InChI is InChI=1S/C16H11N3O/c17-7-11-2-1-3-14-15(11)19-16(18-14)10-4-5-12-8-20-9-13(12)6-10/h1-6H,8-9H2,(H,18,19). The third-order valence-corrected chi connectivity index (χ3v) is 3.63. The van der Waals surface area contributed by atoms with Crippen molar-refractivity contribution in [1.29, 1.82) is 5.26 Å². The van der Waals surface area contributed by atoms with Crippen molar-refractivity contribution < 1.29 is 4.74 Å². The van der Waals surface area contributed by atoms with Crippen LogP contribution >= 0.6 is 0 Å². The number of ether oxygens (including phenoxy) is 1. The number of hydrogen-bond acceptors (Lipinski definition) is 3. The molecule has 2 aromatic carbocycles. The first-order chi connectivity index (χ1) is 9.85. The summed E-state index contributed by atoms with van der Waals surface area (Å²) in [6.45, 7) is 1.35. The number of nitriles is 1. The Balaban J connectivity index is 1.89. The number of benzene rings is 2. The zero-order chi connectivity index (χ0) is 13.5. The zero-order valence-corrected chi connectivity index (χ0v) is 10.7. The number of rotatable bonds is 1. The van der Waals surface area contributed by atoms with Gasteiger partial charge in [0, 0.05) is 5.56 Å². The van der Waals surface area contributed by atoms with Crippen molar-refractivity contribution >= 4 is 11.0 Å². The first-order valence-corrected chi connectivity index (χ1v) is 6.44. The van der Waals surface area contributed by atoms with Gasteiger partial charge in [-0.05, 0) is 29.3 Å². The first-order valence-electron chi connectivity index (χ1n) is 6.44. The summed E-state index contributed by atoms with van der Waals surface area (Å²) in [5.74, 6) is 0.789. The van der Waals surface area contributed by atoms with E-state index in [1.807, 2.05) is 18.2 Å². The zero-order valence-electron chi connectivity index (χ0n) is 10.7. The number of aromatic nitrogens is 2. The van der Waals surface area contributed by atoms with Crippen LogP contribution < -0.4 is 0 Å². The molecule has 20 heavy (non-hydrogen) atoms. The van der Waals surface area contributed by atoms with Gasteiger partial charge in [-0.3, -0.25) is 0 Å². The SMILES string of the molecule is N#Cc1cccc2[nH]c(-c3ccc4c(c3)COC4)nc12. The number of nitrogens with one attached hydrogen (secondary N) is 1. The molecule has 1 N–H and O–H groups in total. The van der Waals surface area contributed by atoms with Gasteiger partial charge in [-0.2, -0.15) is 5.26 Å². The monoisotopic (exact) mass is 261 g/mol. The van der Waals surface area contributed by atoms with Crippen molar-refractivity contribution in [3.05, 3.63) is 53.1 Å². The number of nitrogens with zero attached hydrogens (tertiary/aromatic N) is 2. The number of fused-ring (bicyclic) bond motifs is 2. The van der Waals surface area contributed by atoms with E-state index < -0.39 is 0 Å². The Kier molecular flexibility index (Phi) is 2.35. The molecule has 0 saturated carbocycles. The molecule has 4 heteroatoms. The van der Waals surface area contributed by atoms with Crippen LogP contribution in [0, 0.1) is 11.3 Å². The van der Waals surface area contributed by atoms with E-state index in [0.29, 0.717) is 18.8 Å². The second-order valence-electron chi connectivity index (χ2n) is 4.88. The van der Waals surface area contributed by atoms with Crippen LogP contribution in [0.4, 0.5) is 0 Å². The summed E-state index contributed by atoms with van der Waals surface area (Å²) in [5, 5.41) is 9.12. The molecule has 96 valence electrons. The molecule has 1 aliphatic heterocycles. The van der Waals surface area contributed by atoms with Gasteiger partial charge in [-0.1, -0.05) is 18.2 Å². The smallest absolute Gasteiger partial charge is 0.138 e. The van der Waals surface area contributed by atoms with Crippen molar-refractivity contribution in [2.45, 2.75) is 13.2 Å². The van der Waals surface area contributed by atoms with E-state index in [1.165, 1.54) is 11.1 Å². The molecule has 0 fully saturated rings. The Bertz CT molecular complexity index is 858. The van der Waals surface area contributed by atoms with E-state index in [-0.39, 0.29) is 0 Å². The lowest BCUT2D eigenvalue weighted by molar-refractivity contribution is 0.134. The Hall–Kier alpha value is -2.64. The van der Waals surface area contributed by atoms with Gasteiger partial charge in [0.2, 0.25) is 0 Å². The average molecular weight is 261 g/mol. The number of aromatic amines is 1. The van der Waals surface area contributed by atoms with Gasteiger partial charge in [0.25, 0.3) is 0 Å². The van der Waals surface area contributed by atoms with E-state index in [0.717, 1.165) is 22.4 Å². The number of imidazole rings is 1. The van der Waals surface area contributed by atoms with Crippen LogP contribution in [0.5, 0.6) is 0 Å². The molecule has 0 radical (unpaired) electrons. The molecule has 1 aromatic heterocycles. The minimum absolute atomic E-state index is 0.592. The normalized spacial score (nSPS) is 13.3. The highest BCUT2D eigenvalue weighted by Gasteiger charge is 2.14. The maximum absolute atomic E-state index is 9.12. The Morgan fingerprint density at radius 3 is 2.95 bits per heavy atom. The van der Waals surface area contributed by atoms with Gasteiger partial charge in [0.15, 0.2) is 0 Å². The highest BCUT2D eigenvalue weighted by atomic mass is 16.5. The molecule has 0 saturated heterocycles. The van der Waals surface area contributed by atoms with Gasteiger partial charge >= 0.3 is 0 Å².